The van der Waals surface area contributed by atoms with Gasteiger partial charge < -0.3 is 5.32 Å². The van der Waals surface area contributed by atoms with E-state index in [0.29, 0.717) is 6.04 Å². The molecule has 0 saturated carbocycles. The van der Waals surface area contributed by atoms with Crippen LogP contribution in [0, 0.1) is 13.8 Å². The molecule has 0 amide bonds. The number of hydrogen-bond acceptors (Lipinski definition) is 2. The molecule has 0 aliphatic heterocycles. The van der Waals surface area contributed by atoms with E-state index in [-0.39, 0.29) is 0 Å². The lowest BCUT2D eigenvalue weighted by Gasteiger charge is -2.19. The second kappa shape index (κ2) is 6.71. The van der Waals surface area contributed by atoms with Crippen LogP contribution < -0.4 is 5.32 Å². The smallest absolute Gasteiger partial charge is 0.0596 e. The molecule has 1 unspecified atom stereocenters. The Balaban J connectivity index is 2.22. The average Bonchev–Trinajstić information content (AvgIpc) is 2.79. The van der Waals surface area contributed by atoms with Gasteiger partial charge in [-0.1, -0.05) is 36.8 Å². The lowest BCUT2D eigenvalue weighted by Crippen LogP contribution is -2.24. The SMILES string of the molecule is CCNC(Cc1cc(C)nn1CC)c1ccc(C)cc1. The van der Waals surface area contributed by atoms with Gasteiger partial charge in [-0.2, -0.15) is 5.10 Å². The van der Waals surface area contributed by atoms with E-state index in [9.17, 15) is 0 Å². The summed E-state index contributed by atoms with van der Waals surface area (Å²) >= 11 is 0. The molecule has 0 bridgehead atoms. The quantitative estimate of drug-likeness (QED) is 0.872. The molecule has 0 radical (unpaired) electrons. The lowest BCUT2D eigenvalue weighted by atomic mass is 10.0. The molecule has 0 aliphatic rings. The Bertz CT molecular complexity index is 540. The Morgan fingerprint density at radius 1 is 1.15 bits per heavy atom. The third-order valence-electron chi connectivity index (χ3n) is 3.63. The molecule has 0 fully saturated rings. The van der Waals surface area contributed by atoms with Crippen LogP contribution in [0.2, 0.25) is 0 Å². The van der Waals surface area contributed by atoms with E-state index in [1.807, 2.05) is 0 Å². The molecule has 1 heterocycles. The highest BCUT2D eigenvalue weighted by Gasteiger charge is 2.14. The monoisotopic (exact) mass is 271 g/mol. The third-order valence-corrected chi connectivity index (χ3v) is 3.63. The summed E-state index contributed by atoms with van der Waals surface area (Å²) in [6.45, 7) is 10.4. The molecule has 0 saturated heterocycles. The maximum atomic E-state index is 4.54. The summed E-state index contributed by atoms with van der Waals surface area (Å²) in [6, 6.07) is 11.4. The van der Waals surface area contributed by atoms with Crippen molar-refractivity contribution in [3.8, 4) is 0 Å². The van der Waals surface area contributed by atoms with Gasteiger partial charge in [0, 0.05) is 24.7 Å². The highest BCUT2D eigenvalue weighted by molar-refractivity contribution is 5.25. The van der Waals surface area contributed by atoms with Crippen molar-refractivity contribution in [3.63, 3.8) is 0 Å². The fraction of sp³-hybridized carbons (Fsp3) is 0.471. The van der Waals surface area contributed by atoms with Gasteiger partial charge in [0.2, 0.25) is 0 Å². The van der Waals surface area contributed by atoms with Gasteiger partial charge in [-0.3, -0.25) is 4.68 Å². The molecule has 3 nitrogen and oxygen atoms in total. The van der Waals surface area contributed by atoms with Crippen molar-refractivity contribution in [1.82, 2.24) is 15.1 Å². The largest absolute Gasteiger partial charge is 0.310 e. The zero-order valence-corrected chi connectivity index (χ0v) is 13.0. The first-order valence-electron chi connectivity index (χ1n) is 7.47. The van der Waals surface area contributed by atoms with Crippen LogP contribution in [0.5, 0.6) is 0 Å². The number of aromatic nitrogens is 2. The lowest BCUT2D eigenvalue weighted by molar-refractivity contribution is 0.516. The minimum Gasteiger partial charge on any atom is -0.310 e. The normalized spacial score (nSPS) is 12.6. The first-order chi connectivity index (χ1) is 9.63. The standard InChI is InChI=1S/C17H25N3/c1-5-18-17(15-9-7-13(3)8-10-15)12-16-11-14(4)19-20(16)6-2/h7-11,17-18H,5-6,12H2,1-4H3. The molecule has 2 rings (SSSR count). The fourth-order valence-electron chi connectivity index (χ4n) is 2.60. The molecule has 20 heavy (non-hydrogen) atoms. The first kappa shape index (κ1) is 14.8. The average molecular weight is 271 g/mol. The summed E-state index contributed by atoms with van der Waals surface area (Å²) in [4.78, 5) is 0. The van der Waals surface area contributed by atoms with Crippen LogP contribution in [0.4, 0.5) is 0 Å². The van der Waals surface area contributed by atoms with Crippen molar-refractivity contribution in [2.75, 3.05) is 6.54 Å². The topological polar surface area (TPSA) is 29.9 Å². The van der Waals surface area contributed by atoms with Gasteiger partial charge in [0.25, 0.3) is 0 Å². The summed E-state index contributed by atoms with van der Waals surface area (Å²) in [5.41, 5.74) is 5.05. The van der Waals surface area contributed by atoms with E-state index >= 15 is 0 Å². The van der Waals surface area contributed by atoms with E-state index in [0.717, 1.165) is 25.2 Å². The van der Waals surface area contributed by atoms with E-state index in [4.69, 9.17) is 0 Å². The molecule has 2 aromatic rings. The molecule has 1 aromatic heterocycles. The zero-order chi connectivity index (χ0) is 14.5. The van der Waals surface area contributed by atoms with Crippen molar-refractivity contribution in [2.45, 2.75) is 46.7 Å². The predicted molar refractivity (Wildman–Crippen MR) is 83.9 cm³/mol. The summed E-state index contributed by atoms with van der Waals surface area (Å²) in [6.07, 6.45) is 0.978. The van der Waals surface area contributed by atoms with Crippen LogP contribution in [-0.2, 0) is 13.0 Å². The van der Waals surface area contributed by atoms with Gasteiger partial charge in [0.05, 0.1) is 5.69 Å². The predicted octanol–water partition coefficient (Wildman–Crippen LogP) is 3.41. The van der Waals surface area contributed by atoms with Gasteiger partial charge >= 0.3 is 0 Å². The molecule has 0 aliphatic carbocycles. The Hall–Kier alpha value is -1.61. The van der Waals surface area contributed by atoms with Gasteiger partial charge in [-0.25, -0.2) is 0 Å². The van der Waals surface area contributed by atoms with Crippen molar-refractivity contribution < 1.29 is 0 Å². The molecule has 0 spiro atoms. The third kappa shape index (κ3) is 3.48. The number of benzene rings is 1. The number of nitrogens with one attached hydrogen (secondary N) is 1. The van der Waals surface area contributed by atoms with Crippen LogP contribution in [0.15, 0.2) is 30.3 Å². The minimum absolute atomic E-state index is 0.349. The zero-order valence-electron chi connectivity index (χ0n) is 13.0. The van der Waals surface area contributed by atoms with E-state index in [1.165, 1.54) is 16.8 Å². The molecular weight excluding hydrogens is 246 g/mol. The van der Waals surface area contributed by atoms with Crippen molar-refractivity contribution in [3.05, 3.63) is 52.8 Å². The van der Waals surface area contributed by atoms with Crippen LogP contribution in [0.3, 0.4) is 0 Å². The molecule has 3 heteroatoms. The molecular formula is C17H25N3. The molecule has 1 N–H and O–H groups in total. The molecule has 108 valence electrons. The number of rotatable bonds is 6. The fourth-order valence-corrected chi connectivity index (χ4v) is 2.60. The summed E-state index contributed by atoms with van der Waals surface area (Å²) in [5, 5.41) is 8.13. The Kier molecular flexibility index (Phi) is 4.96. The van der Waals surface area contributed by atoms with E-state index in [2.05, 4.69) is 73.1 Å². The van der Waals surface area contributed by atoms with Crippen LogP contribution in [0.25, 0.3) is 0 Å². The van der Waals surface area contributed by atoms with Crippen LogP contribution in [-0.4, -0.2) is 16.3 Å². The second-order valence-corrected chi connectivity index (χ2v) is 5.32. The van der Waals surface area contributed by atoms with Gasteiger partial charge in [0.15, 0.2) is 0 Å². The van der Waals surface area contributed by atoms with Gasteiger partial charge in [-0.05, 0) is 38.9 Å². The van der Waals surface area contributed by atoms with Gasteiger partial charge in [-0.15, -0.1) is 0 Å². The van der Waals surface area contributed by atoms with Crippen molar-refractivity contribution in [2.24, 2.45) is 0 Å². The van der Waals surface area contributed by atoms with Crippen molar-refractivity contribution in [1.29, 1.82) is 0 Å². The number of hydrogen-bond donors (Lipinski definition) is 1. The maximum absolute atomic E-state index is 4.54. The molecule has 1 aromatic carbocycles. The minimum atomic E-state index is 0.349. The van der Waals surface area contributed by atoms with Crippen LogP contribution in [0.1, 0.15) is 42.4 Å². The number of likely N-dealkylation sites (N-methyl/N-ethyl adjacent to an activating group) is 1. The summed E-state index contributed by atoms with van der Waals surface area (Å²) < 4.78 is 2.11. The van der Waals surface area contributed by atoms with Gasteiger partial charge in [0.1, 0.15) is 0 Å². The van der Waals surface area contributed by atoms with Crippen LogP contribution >= 0.6 is 0 Å². The van der Waals surface area contributed by atoms with E-state index in [1.54, 1.807) is 0 Å². The second-order valence-electron chi connectivity index (χ2n) is 5.32. The van der Waals surface area contributed by atoms with Crippen molar-refractivity contribution >= 4 is 0 Å². The Labute approximate surface area is 122 Å². The highest BCUT2D eigenvalue weighted by atomic mass is 15.3. The Morgan fingerprint density at radius 2 is 1.85 bits per heavy atom. The molecule has 1 atom stereocenters. The summed E-state index contributed by atoms with van der Waals surface area (Å²) in [5.74, 6) is 0. The Morgan fingerprint density at radius 3 is 2.45 bits per heavy atom. The first-order valence-corrected chi connectivity index (χ1v) is 7.47. The number of nitrogens with zero attached hydrogens (tertiary/aromatic N) is 2. The van der Waals surface area contributed by atoms with E-state index < -0.39 is 0 Å². The number of aryl methyl sites for hydroxylation is 3. The highest BCUT2D eigenvalue weighted by Crippen LogP contribution is 2.19. The summed E-state index contributed by atoms with van der Waals surface area (Å²) in [7, 11) is 0. The maximum Gasteiger partial charge on any atom is 0.0596 e.